The summed E-state index contributed by atoms with van der Waals surface area (Å²) >= 11 is 0. The Kier molecular flexibility index (Phi) is 3.53. The molecule has 0 radical (unpaired) electrons. The first-order valence-electron chi connectivity index (χ1n) is 9.83. The van der Waals surface area contributed by atoms with Crippen molar-refractivity contribution in [2.24, 2.45) is 34.5 Å². The Labute approximate surface area is 136 Å². The van der Waals surface area contributed by atoms with Crippen molar-refractivity contribution in [1.82, 2.24) is 0 Å². The Hall–Kier alpha value is -0.300. The zero-order valence-corrected chi connectivity index (χ0v) is 14.8. The molecule has 0 aromatic rings. The first kappa shape index (κ1) is 15.2. The van der Waals surface area contributed by atoms with Gasteiger partial charge < -0.3 is 5.11 Å². The average molecular weight is 303 g/mol. The number of allylic oxidation sites excluding steroid dienone is 2. The summed E-state index contributed by atoms with van der Waals surface area (Å²) in [6.07, 6.45) is 14.3. The summed E-state index contributed by atoms with van der Waals surface area (Å²) in [7, 11) is 0. The van der Waals surface area contributed by atoms with Crippen molar-refractivity contribution in [1.29, 1.82) is 0 Å². The summed E-state index contributed by atoms with van der Waals surface area (Å²) in [4.78, 5) is 0. The van der Waals surface area contributed by atoms with E-state index in [1.54, 1.807) is 5.57 Å². The van der Waals surface area contributed by atoms with E-state index in [0.717, 1.165) is 36.5 Å². The number of aliphatic hydroxyl groups excluding tert-OH is 1. The third-order valence-corrected chi connectivity index (χ3v) is 8.83. The van der Waals surface area contributed by atoms with E-state index in [1.807, 2.05) is 0 Å². The highest BCUT2D eigenvalue weighted by Crippen LogP contribution is 2.67. The molecule has 124 valence electrons. The van der Waals surface area contributed by atoms with Crippen LogP contribution in [0.5, 0.6) is 0 Å². The largest absolute Gasteiger partial charge is 0.393 e. The summed E-state index contributed by atoms with van der Waals surface area (Å²) in [6, 6.07) is 0. The lowest BCUT2D eigenvalue weighted by Gasteiger charge is -2.60. The number of hydrogen-bond acceptors (Lipinski definition) is 1. The van der Waals surface area contributed by atoms with Gasteiger partial charge >= 0.3 is 0 Å². The summed E-state index contributed by atoms with van der Waals surface area (Å²) in [5.41, 5.74) is 2.82. The maximum absolute atomic E-state index is 10.1. The molecule has 4 fully saturated rings. The minimum atomic E-state index is -0.00964. The number of hydrogen-bond donors (Lipinski definition) is 1. The molecule has 0 aromatic heterocycles. The molecule has 22 heavy (non-hydrogen) atoms. The van der Waals surface area contributed by atoms with E-state index >= 15 is 0 Å². The normalized spacial score (nSPS) is 56.4. The molecule has 0 amide bonds. The molecule has 7 atom stereocenters. The fourth-order valence-corrected chi connectivity index (χ4v) is 7.56. The lowest BCUT2D eigenvalue weighted by Crippen LogP contribution is -2.53. The molecule has 0 saturated heterocycles. The smallest absolute Gasteiger partial charge is 0.0543 e. The molecular weight excluding hydrogens is 268 g/mol. The molecule has 4 aliphatic rings. The number of fused-ring (bicyclic) bond motifs is 5. The average Bonchev–Trinajstić information content (AvgIpc) is 2.84. The molecule has 1 nitrogen and oxygen atoms in total. The highest BCUT2D eigenvalue weighted by molar-refractivity contribution is 5.23. The van der Waals surface area contributed by atoms with Crippen LogP contribution in [0.15, 0.2) is 11.6 Å². The fraction of sp³-hybridized carbons (Fsp3) is 0.905. The van der Waals surface area contributed by atoms with Gasteiger partial charge in [-0.05, 0) is 99.2 Å². The molecule has 0 heterocycles. The van der Waals surface area contributed by atoms with Crippen LogP contribution in [0.2, 0.25) is 0 Å². The Morgan fingerprint density at radius 3 is 2.59 bits per heavy atom. The Morgan fingerprint density at radius 2 is 1.82 bits per heavy atom. The van der Waals surface area contributed by atoms with Crippen molar-refractivity contribution in [3.8, 4) is 0 Å². The van der Waals surface area contributed by atoms with E-state index in [9.17, 15) is 5.11 Å². The van der Waals surface area contributed by atoms with E-state index in [1.165, 1.54) is 44.9 Å². The van der Waals surface area contributed by atoms with Crippen molar-refractivity contribution >= 4 is 0 Å². The molecule has 4 rings (SSSR count). The Balaban J connectivity index is 1.63. The van der Waals surface area contributed by atoms with Crippen molar-refractivity contribution in [3.05, 3.63) is 11.6 Å². The molecule has 0 aliphatic heterocycles. The summed E-state index contributed by atoms with van der Waals surface area (Å²) in [5.74, 6) is 3.65. The van der Waals surface area contributed by atoms with Crippen LogP contribution in [0.1, 0.15) is 78.6 Å². The third kappa shape index (κ3) is 1.93. The van der Waals surface area contributed by atoms with Crippen molar-refractivity contribution in [2.45, 2.75) is 84.7 Å². The quantitative estimate of drug-likeness (QED) is 0.599. The summed E-state index contributed by atoms with van der Waals surface area (Å²) in [6.45, 7) is 7.43. The van der Waals surface area contributed by atoms with Crippen LogP contribution >= 0.6 is 0 Å². The topological polar surface area (TPSA) is 20.2 Å². The maximum atomic E-state index is 10.1. The van der Waals surface area contributed by atoms with E-state index in [0.29, 0.717) is 10.8 Å². The molecule has 0 unspecified atom stereocenters. The fourth-order valence-electron chi connectivity index (χ4n) is 7.56. The van der Waals surface area contributed by atoms with Gasteiger partial charge in [0.25, 0.3) is 0 Å². The zero-order chi connectivity index (χ0) is 15.5. The van der Waals surface area contributed by atoms with Crippen LogP contribution in [0.4, 0.5) is 0 Å². The van der Waals surface area contributed by atoms with Crippen LogP contribution in [0, 0.1) is 34.5 Å². The molecule has 0 spiro atoms. The SMILES string of the molecule is C/C=C1/CC[C@H]2[C@@H]3CC[C@H]4C[C@H](O)CC[C@]4(C)[C@H]3CC[C@]12C. The first-order chi connectivity index (χ1) is 10.5. The third-order valence-electron chi connectivity index (χ3n) is 8.83. The van der Waals surface area contributed by atoms with E-state index < -0.39 is 0 Å². The van der Waals surface area contributed by atoms with Crippen LogP contribution in [0.3, 0.4) is 0 Å². The van der Waals surface area contributed by atoms with Crippen molar-refractivity contribution < 1.29 is 5.11 Å². The van der Waals surface area contributed by atoms with E-state index in [4.69, 9.17) is 0 Å². The Bertz CT molecular complexity index is 480. The minimum absolute atomic E-state index is 0.00964. The number of rotatable bonds is 0. The minimum Gasteiger partial charge on any atom is -0.393 e. The lowest BCUT2D eigenvalue weighted by molar-refractivity contribution is -0.116. The predicted molar refractivity (Wildman–Crippen MR) is 91.5 cm³/mol. The first-order valence-corrected chi connectivity index (χ1v) is 9.83. The van der Waals surface area contributed by atoms with E-state index in [-0.39, 0.29) is 6.10 Å². The molecule has 0 aromatic carbocycles. The highest BCUT2D eigenvalue weighted by Gasteiger charge is 2.58. The molecule has 1 N–H and O–H groups in total. The predicted octanol–water partition coefficient (Wildman–Crippen LogP) is 5.34. The Morgan fingerprint density at radius 1 is 1.00 bits per heavy atom. The van der Waals surface area contributed by atoms with Gasteiger partial charge in [-0.1, -0.05) is 25.5 Å². The molecule has 0 bridgehead atoms. The number of aliphatic hydroxyl groups is 1. The van der Waals surface area contributed by atoms with Gasteiger partial charge in [0, 0.05) is 0 Å². The molecule has 4 aliphatic carbocycles. The second-order valence-electron chi connectivity index (χ2n) is 9.39. The summed E-state index contributed by atoms with van der Waals surface area (Å²) in [5, 5.41) is 10.1. The maximum Gasteiger partial charge on any atom is 0.0543 e. The highest BCUT2D eigenvalue weighted by atomic mass is 16.3. The molecular formula is C21H34O. The second kappa shape index (κ2) is 5.10. The van der Waals surface area contributed by atoms with E-state index in [2.05, 4.69) is 26.8 Å². The van der Waals surface area contributed by atoms with Gasteiger partial charge in [-0.15, -0.1) is 0 Å². The monoisotopic (exact) mass is 302 g/mol. The van der Waals surface area contributed by atoms with Crippen molar-refractivity contribution in [3.63, 3.8) is 0 Å². The van der Waals surface area contributed by atoms with Crippen LogP contribution in [0.25, 0.3) is 0 Å². The van der Waals surface area contributed by atoms with Gasteiger partial charge in [0.05, 0.1) is 6.10 Å². The summed E-state index contributed by atoms with van der Waals surface area (Å²) < 4.78 is 0. The standard InChI is InChI=1S/C21H34O/c1-4-14-6-8-18-17-7-5-15-13-16(22)9-11-21(15,3)19(17)10-12-20(14,18)2/h4,15-19,22H,5-13H2,1-3H3/b14-4-/t15-,16+,17-,18-,19-,20+,21-/m0/s1. The van der Waals surface area contributed by atoms with Gasteiger partial charge in [0.1, 0.15) is 0 Å². The van der Waals surface area contributed by atoms with Crippen LogP contribution in [-0.2, 0) is 0 Å². The van der Waals surface area contributed by atoms with Gasteiger partial charge in [0.2, 0.25) is 0 Å². The molecule has 4 saturated carbocycles. The molecule has 1 heteroatoms. The van der Waals surface area contributed by atoms with Gasteiger partial charge in [-0.25, -0.2) is 0 Å². The van der Waals surface area contributed by atoms with Crippen molar-refractivity contribution in [2.75, 3.05) is 0 Å². The lowest BCUT2D eigenvalue weighted by atomic mass is 9.45. The second-order valence-corrected chi connectivity index (χ2v) is 9.39. The van der Waals surface area contributed by atoms with Gasteiger partial charge in [-0.3, -0.25) is 0 Å². The van der Waals surface area contributed by atoms with Gasteiger partial charge in [-0.2, -0.15) is 0 Å². The van der Waals surface area contributed by atoms with Gasteiger partial charge in [0.15, 0.2) is 0 Å². The van der Waals surface area contributed by atoms with Crippen LogP contribution < -0.4 is 0 Å². The zero-order valence-electron chi connectivity index (χ0n) is 14.8. The van der Waals surface area contributed by atoms with Crippen LogP contribution in [-0.4, -0.2) is 11.2 Å².